The summed E-state index contributed by atoms with van der Waals surface area (Å²) in [4.78, 5) is 34.2. The number of carbonyl (C=O) groups is 1. The minimum atomic E-state index is -0.417. The number of aromatic nitrogens is 5. The van der Waals surface area contributed by atoms with Crippen LogP contribution in [0.4, 0.5) is 21.7 Å². The number of carbonyl (C=O) groups excluding carboxylic acids is 1. The Hall–Kier alpha value is -5.26. The second kappa shape index (κ2) is 11.2. The molecule has 3 aromatic heterocycles. The predicted octanol–water partition coefficient (Wildman–Crippen LogP) is 5.13. The first kappa shape index (κ1) is 27.9. The maximum atomic E-state index is 14.7. The van der Waals surface area contributed by atoms with Crippen molar-refractivity contribution in [2.75, 3.05) is 37.0 Å². The third-order valence-electron chi connectivity index (χ3n) is 7.59. The van der Waals surface area contributed by atoms with Crippen molar-refractivity contribution in [1.29, 1.82) is 0 Å². The Labute approximate surface area is 247 Å². The summed E-state index contributed by atoms with van der Waals surface area (Å²) in [5.74, 6) is 2.13. The summed E-state index contributed by atoms with van der Waals surface area (Å²) in [5, 5.41) is 3.35. The van der Waals surface area contributed by atoms with E-state index >= 15 is 0 Å². The quantitative estimate of drug-likeness (QED) is 0.261. The summed E-state index contributed by atoms with van der Waals surface area (Å²) in [7, 11) is 3.30. The van der Waals surface area contributed by atoms with Gasteiger partial charge in [-0.15, -0.1) is 0 Å². The third-order valence-corrected chi connectivity index (χ3v) is 7.59. The summed E-state index contributed by atoms with van der Waals surface area (Å²) in [5.41, 5.74) is 3.63. The maximum absolute atomic E-state index is 14.7. The Morgan fingerprint density at radius 3 is 2.72 bits per heavy atom. The van der Waals surface area contributed by atoms with Crippen molar-refractivity contribution in [3.8, 4) is 17.2 Å². The lowest BCUT2D eigenvalue weighted by Gasteiger charge is -2.40. The summed E-state index contributed by atoms with van der Waals surface area (Å²) in [6, 6.07) is 10.5. The van der Waals surface area contributed by atoms with Gasteiger partial charge in [-0.3, -0.25) is 4.79 Å². The molecule has 11 nitrogen and oxygen atoms in total. The van der Waals surface area contributed by atoms with Crippen molar-refractivity contribution in [2.24, 2.45) is 7.05 Å². The molecule has 0 bridgehead atoms. The van der Waals surface area contributed by atoms with E-state index in [4.69, 9.17) is 14.5 Å². The van der Waals surface area contributed by atoms with Crippen molar-refractivity contribution < 1.29 is 18.7 Å². The van der Waals surface area contributed by atoms with E-state index in [-0.39, 0.29) is 11.9 Å². The standard InChI is InChI=1S/C31H31FN8O3/c1-6-28(41)40-10-9-39(15-19(40)3)27-8-7-22-29(37-27)31(34-16-33-22)36-23-11-18(2)25(14-26(23)42-5)43-20-12-21(32)30-24(13-20)35-17-38(30)4/h6-8,11-14,16-17,19H,1,9-10,15H2,2-5H3,(H,33,34,36)/t19-/m1/s1. The highest BCUT2D eigenvalue weighted by molar-refractivity contribution is 5.89. The van der Waals surface area contributed by atoms with E-state index in [1.807, 2.05) is 36.9 Å². The van der Waals surface area contributed by atoms with Crippen molar-refractivity contribution >= 4 is 45.3 Å². The molecule has 6 rings (SSSR count). The Morgan fingerprint density at radius 1 is 1.12 bits per heavy atom. The van der Waals surface area contributed by atoms with Crippen LogP contribution in [0.25, 0.3) is 22.1 Å². The molecule has 12 heteroatoms. The molecule has 0 unspecified atom stereocenters. The van der Waals surface area contributed by atoms with Crippen LogP contribution in [0.2, 0.25) is 0 Å². The van der Waals surface area contributed by atoms with Gasteiger partial charge in [0.05, 0.1) is 30.2 Å². The summed E-state index contributed by atoms with van der Waals surface area (Å²) in [6.07, 6.45) is 4.39. The van der Waals surface area contributed by atoms with E-state index in [2.05, 4.69) is 31.7 Å². The molecule has 1 amide bonds. The molecule has 0 saturated carbocycles. The van der Waals surface area contributed by atoms with Gasteiger partial charge in [0.2, 0.25) is 5.91 Å². The van der Waals surface area contributed by atoms with Crippen LogP contribution in [-0.2, 0) is 11.8 Å². The first-order valence-corrected chi connectivity index (χ1v) is 13.8. The number of piperazine rings is 1. The summed E-state index contributed by atoms with van der Waals surface area (Å²) in [6.45, 7) is 9.38. The summed E-state index contributed by atoms with van der Waals surface area (Å²) < 4.78 is 28.1. The van der Waals surface area contributed by atoms with Crippen LogP contribution in [0.1, 0.15) is 12.5 Å². The number of methoxy groups -OCH3 is 1. The minimum absolute atomic E-state index is 0.0108. The van der Waals surface area contributed by atoms with Crippen LogP contribution in [0, 0.1) is 12.7 Å². The molecule has 5 aromatic rings. The van der Waals surface area contributed by atoms with E-state index in [0.717, 1.165) is 11.4 Å². The van der Waals surface area contributed by atoms with Gasteiger partial charge < -0.3 is 29.2 Å². The molecule has 0 spiro atoms. The van der Waals surface area contributed by atoms with Crippen LogP contribution in [0.15, 0.2) is 61.7 Å². The fraction of sp³-hybridized carbons (Fsp3) is 0.258. The Kier molecular flexibility index (Phi) is 7.26. The zero-order chi connectivity index (χ0) is 30.2. The van der Waals surface area contributed by atoms with E-state index in [1.165, 1.54) is 18.5 Å². The minimum Gasteiger partial charge on any atom is -0.494 e. The van der Waals surface area contributed by atoms with Gasteiger partial charge in [0.1, 0.15) is 40.4 Å². The fourth-order valence-corrected chi connectivity index (χ4v) is 5.38. The Morgan fingerprint density at radius 2 is 1.95 bits per heavy atom. The van der Waals surface area contributed by atoms with Crippen LogP contribution in [0.5, 0.6) is 17.2 Å². The Balaban J connectivity index is 1.28. The molecule has 0 radical (unpaired) electrons. The highest BCUT2D eigenvalue weighted by Gasteiger charge is 2.27. The number of hydrogen-bond acceptors (Lipinski definition) is 9. The number of benzene rings is 2. The zero-order valence-corrected chi connectivity index (χ0v) is 24.3. The number of nitrogens with one attached hydrogen (secondary N) is 1. The summed E-state index contributed by atoms with van der Waals surface area (Å²) >= 11 is 0. The van der Waals surface area contributed by atoms with Crippen LogP contribution >= 0.6 is 0 Å². The lowest BCUT2D eigenvalue weighted by molar-refractivity contribution is -0.128. The first-order chi connectivity index (χ1) is 20.7. The highest BCUT2D eigenvalue weighted by Crippen LogP contribution is 2.38. The number of halogens is 1. The number of nitrogens with zero attached hydrogens (tertiary/aromatic N) is 7. The number of aryl methyl sites for hydroxylation is 2. The predicted molar refractivity (Wildman–Crippen MR) is 163 cm³/mol. The van der Waals surface area contributed by atoms with Crippen molar-refractivity contribution in [3.63, 3.8) is 0 Å². The molecule has 4 heterocycles. The molecule has 43 heavy (non-hydrogen) atoms. The molecule has 1 N–H and O–H groups in total. The number of amides is 1. The molecule has 2 aromatic carbocycles. The van der Waals surface area contributed by atoms with Gasteiger partial charge in [0.15, 0.2) is 11.6 Å². The van der Waals surface area contributed by atoms with Crippen molar-refractivity contribution in [1.82, 2.24) is 29.4 Å². The number of rotatable bonds is 7. The number of imidazole rings is 1. The smallest absolute Gasteiger partial charge is 0.246 e. The SMILES string of the molecule is C=CC(=O)N1CCN(c2ccc3ncnc(Nc4cc(C)c(Oc5cc(F)c6c(c5)ncn6C)cc4OC)c3n2)C[C@H]1C. The average Bonchev–Trinajstić information content (AvgIpc) is 3.38. The molecule has 220 valence electrons. The van der Waals surface area contributed by atoms with Crippen molar-refractivity contribution in [2.45, 2.75) is 19.9 Å². The molecule has 1 saturated heterocycles. The van der Waals surface area contributed by atoms with Gasteiger partial charge in [-0.2, -0.15) is 0 Å². The van der Waals surface area contributed by atoms with E-state index in [0.29, 0.717) is 70.5 Å². The lowest BCUT2D eigenvalue weighted by atomic mass is 10.1. The monoisotopic (exact) mass is 582 g/mol. The van der Waals surface area contributed by atoms with Crippen LogP contribution in [0.3, 0.4) is 0 Å². The zero-order valence-electron chi connectivity index (χ0n) is 24.3. The van der Waals surface area contributed by atoms with Gasteiger partial charge in [0, 0.05) is 50.9 Å². The second-order valence-electron chi connectivity index (χ2n) is 10.5. The normalized spacial score (nSPS) is 15.1. The molecule has 0 aliphatic carbocycles. The first-order valence-electron chi connectivity index (χ1n) is 13.8. The topological polar surface area (TPSA) is 111 Å². The van der Waals surface area contributed by atoms with E-state index in [9.17, 15) is 9.18 Å². The molecule has 1 aliphatic heterocycles. The molecule has 1 aliphatic rings. The van der Waals surface area contributed by atoms with Gasteiger partial charge in [-0.05, 0) is 43.7 Å². The van der Waals surface area contributed by atoms with E-state index < -0.39 is 5.82 Å². The van der Waals surface area contributed by atoms with Gasteiger partial charge in [0.25, 0.3) is 0 Å². The van der Waals surface area contributed by atoms with Gasteiger partial charge in [-0.1, -0.05) is 6.58 Å². The molecule has 1 fully saturated rings. The highest BCUT2D eigenvalue weighted by atomic mass is 19.1. The largest absolute Gasteiger partial charge is 0.494 e. The van der Waals surface area contributed by atoms with E-state index in [1.54, 1.807) is 37.2 Å². The van der Waals surface area contributed by atoms with Gasteiger partial charge >= 0.3 is 0 Å². The number of anilines is 3. The number of pyridine rings is 1. The maximum Gasteiger partial charge on any atom is 0.246 e. The average molecular weight is 583 g/mol. The lowest BCUT2D eigenvalue weighted by Crippen LogP contribution is -2.53. The molecular formula is C31H31FN8O3. The Bertz CT molecular complexity index is 1870. The fourth-order valence-electron chi connectivity index (χ4n) is 5.38. The van der Waals surface area contributed by atoms with Gasteiger partial charge in [-0.25, -0.2) is 24.3 Å². The molecular weight excluding hydrogens is 551 g/mol. The van der Waals surface area contributed by atoms with Crippen LogP contribution < -0.4 is 19.7 Å². The second-order valence-corrected chi connectivity index (χ2v) is 10.5. The molecule has 1 atom stereocenters. The van der Waals surface area contributed by atoms with Crippen molar-refractivity contribution in [3.05, 3.63) is 73.1 Å². The number of ether oxygens (including phenoxy) is 2. The number of hydrogen-bond donors (Lipinski definition) is 1. The third kappa shape index (κ3) is 5.27. The van der Waals surface area contributed by atoms with Crippen LogP contribution in [-0.4, -0.2) is 68.1 Å². The number of fused-ring (bicyclic) bond motifs is 2.